The average Bonchev–Trinajstić information content (AvgIpc) is 2.06. The van der Waals surface area contributed by atoms with Crippen molar-refractivity contribution in [2.45, 2.75) is 25.7 Å². The standard InChI is InChI=1S/C8H11NO2/c10-8-6-3-1-5(2-4-6)7(8)9-11/h5-6,11H,1-4H2. The molecule has 3 heteroatoms. The van der Waals surface area contributed by atoms with Gasteiger partial charge in [0.1, 0.15) is 5.71 Å². The van der Waals surface area contributed by atoms with Gasteiger partial charge in [0.25, 0.3) is 0 Å². The van der Waals surface area contributed by atoms with Crippen LogP contribution in [0.3, 0.4) is 0 Å². The summed E-state index contributed by atoms with van der Waals surface area (Å²) in [7, 11) is 0. The van der Waals surface area contributed by atoms with Crippen LogP contribution in [0, 0.1) is 11.8 Å². The van der Waals surface area contributed by atoms with Crippen LogP contribution in [0.2, 0.25) is 0 Å². The van der Waals surface area contributed by atoms with Gasteiger partial charge in [0.2, 0.25) is 0 Å². The van der Waals surface area contributed by atoms with Gasteiger partial charge in [-0.25, -0.2) is 0 Å². The number of ketones is 1. The summed E-state index contributed by atoms with van der Waals surface area (Å²) in [4.78, 5) is 11.3. The fourth-order valence-electron chi connectivity index (χ4n) is 2.17. The molecule has 0 aromatic rings. The van der Waals surface area contributed by atoms with Gasteiger partial charge in [-0.15, -0.1) is 0 Å². The second-order valence-electron chi connectivity index (χ2n) is 3.40. The van der Waals surface area contributed by atoms with Crippen molar-refractivity contribution in [2.24, 2.45) is 17.0 Å². The van der Waals surface area contributed by atoms with Gasteiger partial charge in [0, 0.05) is 11.8 Å². The zero-order chi connectivity index (χ0) is 7.84. The van der Waals surface area contributed by atoms with E-state index in [0.717, 1.165) is 25.7 Å². The van der Waals surface area contributed by atoms with Gasteiger partial charge in [-0.1, -0.05) is 5.16 Å². The van der Waals surface area contributed by atoms with Crippen LogP contribution >= 0.6 is 0 Å². The number of carbonyl (C=O) groups is 1. The molecule has 60 valence electrons. The van der Waals surface area contributed by atoms with Gasteiger partial charge in [-0.2, -0.15) is 0 Å². The highest BCUT2D eigenvalue weighted by Crippen LogP contribution is 2.37. The number of fused-ring (bicyclic) bond motifs is 3. The number of hydrogen-bond acceptors (Lipinski definition) is 3. The molecule has 0 saturated heterocycles. The van der Waals surface area contributed by atoms with Crippen molar-refractivity contribution in [3.05, 3.63) is 0 Å². The SMILES string of the molecule is O=C1C(=NO)C2CCC1CC2. The fourth-order valence-corrected chi connectivity index (χ4v) is 2.17. The number of rotatable bonds is 0. The molecule has 3 aliphatic carbocycles. The van der Waals surface area contributed by atoms with E-state index in [2.05, 4.69) is 5.16 Å². The van der Waals surface area contributed by atoms with E-state index in [-0.39, 0.29) is 17.6 Å². The molecule has 11 heavy (non-hydrogen) atoms. The lowest BCUT2D eigenvalue weighted by Gasteiger charge is -2.34. The van der Waals surface area contributed by atoms with Crippen LogP contribution in [0.25, 0.3) is 0 Å². The van der Waals surface area contributed by atoms with Crippen molar-refractivity contribution in [2.75, 3.05) is 0 Å². The van der Waals surface area contributed by atoms with Crippen LogP contribution in [-0.4, -0.2) is 16.7 Å². The van der Waals surface area contributed by atoms with Crippen molar-refractivity contribution < 1.29 is 10.0 Å². The van der Waals surface area contributed by atoms with Crippen LogP contribution < -0.4 is 0 Å². The van der Waals surface area contributed by atoms with E-state index in [1.54, 1.807) is 0 Å². The fraction of sp³-hybridized carbons (Fsp3) is 0.750. The topological polar surface area (TPSA) is 49.7 Å². The summed E-state index contributed by atoms with van der Waals surface area (Å²) >= 11 is 0. The first-order valence-corrected chi connectivity index (χ1v) is 4.09. The number of nitrogens with zero attached hydrogens (tertiary/aromatic N) is 1. The Morgan fingerprint density at radius 2 is 1.73 bits per heavy atom. The maximum Gasteiger partial charge on any atom is 0.183 e. The molecule has 3 saturated carbocycles. The Morgan fingerprint density at radius 1 is 1.18 bits per heavy atom. The molecular formula is C8H11NO2. The van der Waals surface area contributed by atoms with Crippen LogP contribution in [0.15, 0.2) is 5.16 Å². The van der Waals surface area contributed by atoms with E-state index in [1.807, 2.05) is 0 Å². The van der Waals surface area contributed by atoms with Crippen LogP contribution in [0.1, 0.15) is 25.7 Å². The number of carbonyl (C=O) groups excluding carboxylic acids is 1. The van der Waals surface area contributed by atoms with E-state index in [9.17, 15) is 4.79 Å². The first-order chi connectivity index (χ1) is 5.33. The molecule has 0 aliphatic heterocycles. The minimum absolute atomic E-state index is 0.0926. The van der Waals surface area contributed by atoms with Gasteiger partial charge >= 0.3 is 0 Å². The lowest BCUT2D eigenvalue weighted by Crippen LogP contribution is -2.40. The third kappa shape index (κ3) is 0.870. The Labute approximate surface area is 65.1 Å². The predicted molar refractivity (Wildman–Crippen MR) is 39.7 cm³/mol. The smallest absolute Gasteiger partial charge is 0.183 e. The molecule has 0 unspecified atom stereocenters. The Morgan fingerprint density at radius 3 is 2.09 bits per heavy atom. The van der Waals surface area contributed by atoms with E-state index in [1.165, 1.54) is 0 Å². The summed E-state index contributed by atoms with van der Waals surface area (Å²) in [5.74, 6) is 0.526. The molecule has 3 fully saturated rings. The number of Topliss-reactive ketones (excluding diaryl/α,β-unsaturated/α-hetero) is 1. The molecule has 1 N–H and O–H groups in total. The monoisotopic (exact) mass is 153 g/mol. The molecule has 0 amide bonds. The Balaban J connectivity index is 2.30. The van der Waals surface area contributed by atoms with E-state index < -0.39 is 0 Å². The maximum absolute atomic E-state index is 11.3. The van der Waals surface area contributed by atoms with Crippen molar-refractivity contribution in [1.29, 1.82) is 0 Å². The normalized spacial score (nSPS) is 40.0. The molecular weight excluding hydrogens is 142 g/mol. The molecule has 0 spiro atoms. The number of oxime groups is 1. The zero-order valence-electron chi connectivity index (χ0n) is 6.29. The largest absolute Gasteiger partial charge is 0.411 e. The molecule has 3 nitrogen and oxygen atoms in total. The van der Waals surface area contributed by atoms with Crippen molar-refractivity contribution in [3.8, 4) is 0 Å². The molecule has 3 rings (SSSR count). The molecule has 0 radical (unpaired) electrons. The molecule has 0 atom stereocenters. The third-order valence-corrected chi connectivity index (χ3v) is 2.84. The Bertz CT molecular complexity index is 214. The van der Waals surface area contributed by atoms with Crippen LogP contribution in [0.4, 0.5) is 0 Å². The highest BCUT2D eigenvalue weighted by Gasteiger charge is 2.39. The van der Waals surface area contributed by atoms with Crippen LogP contribution in [-0.2, 0) is 4.79 Å². The quantitative estimate of drug-likeness (QED) is 0.420. The molecule has 0 aromatic heterocycles. The maximum atomic E-state index is 11.3. The van der Waals surface area contributed by atoms with Gasteiger partial charge < -0.3 is 5.21 Å². The minimum Gasteiger partial charge on any atom is -0.411 e. The van der Waals surface area contributed by atoms with Crippen molar-refractivity contribution >= 4 is 11.5 Å². The van der Waals surface area contributed by atoms with Gasteiger partial charge in [-0.3, -0.25) is 4.79 Å². The first kappa shape index (κ1) is 6.83. The van der Waals surface area contributed by atoms with Crippen molar-refractivity contribution in [1.82, 2.24) is 0 Å². The van der Waals surface area contributed by atoms with E-state index in [0.29, 0.717) is 5.71 Å². The van der Waals surface area contributed by atoms with E-state index >= 15 is 0 Å². The lowest BCUT2D eigenvalue weighted by atomic mass is 9.69. The second kappa shape index (κ2) is 2.32. The Kier molecular flexibility index (Phi) is 1.44. The van der Waals surface area contributed by atoms with E-state index in [4.69, 9.17) is 5.21 Å². The summed E-state index contributed by atoms with van der Waals surface area (Å²) in [5, 5.41) is 11.6. The predicted octanol–water partition coefficient (Wildman–Crippen LogP) is 1.21. The third-order valence-electron chi connectivity index (χ3n) is 2.84. The second-order valence-corrected chi connectivity index (χ2v) is 3.40. The summed E-state index contributed by atoms with van der Waals surface area (Å²) in [6.45, 7) is 0. The highest BCUT2D eigenvalue weighted by atomic mass is 16.4. The van der Waals surface area contributed by atoms with Gasteiger partial charge in [0.05, 0.1) is 0 Å². The van der Waals surface area contributed by atoms with Gasteiger partial charge in [-0.05, 0) is 25.7 Å². The highest BCUT2D eigenvalue weighted by molar-refractivity contribution is 6.42. The average molecular weight is 153 g/mol. The molecule has 0 aromatic carbocycles. The zero-order valence-corrected chi connectivity index (χ0v) is 6.29. The summed E-state index contributed by atoms with van der Waals surface area (Å²) in [6.07, 6.45) is 4.08. The van der Waals surface area contributed by atoms with Crippen LogP contribution in [0.5, 0.6) is 0 Å². The number of hydrogen-bond donors (Lipinski definition) is 1. The minimum atomic E-state index is 0.0926. The first-order valence-electron chi connectivity index (χ1n) is 4.09. The van der Waals surface area contributed by atoms with Crippen molar-refractivity contribution in [3.63, 3.8) is 0 Å². The molecule has 0 heterocycles. The summed E-state index contributed by atoms with van der Waals surface area (Å²) < 4.78 is 0. The summed E-state index contributed by atoms with van der Waals surface area (Å²) in [5.41, 5.74) is 0.438. The summed E-state index contributed by atoms with van der Waals surface area (Å²) in [6, 6.07) is 0. The lowest BCUT2D eigenvalue weighted by molar-refractivity contribution is -0.119. The molecule has 2 bridgehead atoms. The molecule has 3 aliphatic rings. The Hall–Kier alpha value is -0.860. The van der Waals surface area contributed by atoms with Gasteiger partial charge in [0.15, 0.2) is 5.78 Å².